The average Bonchev–Trinajstić information content (AvgIpc) is 2.72. The van der Waals surface area contributed by atoms with E-state index in [0.29, 0.717) is 40.7 Å². The van der Waals surface area contributed by atoms with Crippen molar-refractivity contribution in [1.29, 1.82) is 0 Å². The molecular weight excluding hydrogens is 312 g/mol. The molecule has 1 N–H and O–H groups in total. The summed E-state index contributed by atoms with van der Waals surface area (Å²) >= 11 is 3.22. The fourth-order valence-corrected chi connectivity index (χ4v) is 2.31. The third-order valence-electron chi connectivity index (χ3n) is 2.95. The summed E-state index contributed by atoms with van der Waals surface area (Å²) < 4.78 is 17.1. The second-order valence-corrected chi connectivity index (χ2v) is 5.08. The first-order valence-corrected chi connectivity index (χ1v) is 6.86. The zero-order valence-electron chi connectivity index (χ0n) is 10.1. The highest BCUT2D eigenvalue weighted by atomic mass is 79.9. The zero-order valence-corrected chi connectivity index (χ0v) is 11.7. The maximum atomic E-state index is 10.3. The molecule has 3 rings (SSSR count). The first-order chi connectivity index (χ1) is 9.24. The van der Waals surface area contributed by atoms with Crippen molar-refractivity contribution in [2.24, 2.45) is 0 Å². The Hall–Kier alpha value is -1.46. The highest BCUT2D eigenvalue weighted by Crippen LogP contribution is 2.34. The highest BCUT2D eigenvalue weighted by Gasteiger charge is 2.18. The molecule has 0 fully saturated rings. The molecule has 0 aliphatic carbocycles. The van der Waals surface area contributed by atoms with E-state index in [1.54, 1.807) is 18.2 Å². The van der Waals surface area contributed by atoms with Crippen LogP contribution in [0.2, 0.25) is 0 Å². The lowest BCUT2D eigenvalue weighted by Gasteiger charge is -2.12. The number of fused-ring (bicyclic) bond motifs is 1. The Kier molecular flexibility index (Phi) is 3.48. The molecule has 0 radical (unpaired) electrons. The quantitative estimate of drug-likeness (QED) is 0.921. The van der Waals surface area contributed by atoms with Gasteiger partial charge < -0.3 is 19.0 Å². The fraction of sp³-hybridized carbons (Fsp3) is 0.286. The normalized spacial score (nSPS) is 15.9. The number of hydrogen-bond acceptors (Lipinski definition) is 4. The number of rotatable bonds is 2. The molecule has 1 aromatic carbocycles. The molecule has 1 aliphatic heterocycles. The number of furan rings is 1. The van der Waals surface area contributed by atoms with Gasteiger partial charge in [0.2, 0.25) is 0 Å². The minimum absolute atomic E-state index is 0.487. The number of aliphatic hydroxyl groups excluding tert-OH is 1. The molecule has 2 heterocycles. The summed E-state index contributed by atoms with van der Waals surface area (Å²) in [6.45, 7) is 1.28. The molecule has 1 atom stereocenters. The summed E-state index contributed by atoms with van der Waals surface area (Å²) in [7, 11) is 0. The molecule has 0 amide bonds. The second-order valence-electron chi connectivity index (χ2n) is 4.30. The maximum absolute atomic E-state index is 10.3. The van der Waals surface area contributed by atoms with Gasteiger partial charge in [-0.2, -0.15) is 0 Å². The molecule has 1 aromatic heterocycles. The molecule has 5 heteroatoms. The van der Waals surface area contributed by atoms with Gasteiger partial charge in [0.1, 0.15) is 11.9 Å². The molecule has 100 valence electrons. The van der Waals surface area contributed by atoms with Crippen LogP contribution in [0.15, 0.2) is 39.4 Å². The van der Waals surface area contributed by atoms with Crippen molar-refractivity contribution in [3.63, 3.8) is 0 Å². The minimum atomic E-state index is -0.816. The third kappa shape index (κ3) is 2.62. The molecule has 2 aromatic rings. The van der Waals surface area contributed by atoms with E-state index in [1.165, 1.54) is 0 Å². The molecule has 1 unspecified atom stereocenters. The molecule has 4 nitrogen and oxygen atoms in total. The minimum Gasteiger partial charge on any atom is -0.490 e. The van der Waals surface area contributed by atoms with Crippen molar-refractivity contribution in [2.45, 2.75) is 12.5 Å². The Morgan fingerprint density at radius 2 is 1.84 bits per heavy atom. The lowest BCUT2D eigenvalue weighted by Crippen LogP contribution is -2.00. The molecule has 0 saturated heterocycles. The van der Waals surface area contributed by atoms with Crippen molar-refractivity contribution in [1.82, 2.24) is 0 Å². The zero-order chi connectivity index (χ0) is 13.2. The maximum Gasteiger partial charge on any atom is 0.169 e. The van der Waals surface area contributed by atoms with Crippen LogP contribution in [-0.2, 0) is 0 Å². The Balaban J connectivity index is 1.91. The van der Waals surface area contributed by atoms with Gasteiger partial charge >= 0.3 is 0 Å². The van der Waals surface area contributed by atoms with Gasteiger partial charge in [0.05, 0.1) is 13.2 Å². The van der Waals surface area contributed by atoms with Crippen LogP contribution in [0.3, 0.4) is 0 Å². The lowest BCUT2D eigenvalue weighted by atomic mass is 10.1. The highest BCUT2D eigenvalue weighted by molar-refractivity contribution is 9.10. The Morgan fingerprint density at radius 3 is 2.58 bits per heavy atom. The summed E-state index contributed by atoms with van der Waals surface area (Å²) in [6, 6.07) is 8.91. The second kappa shape index (κ2) is 5.27. The van der Waals surface area contributed by atoms with E-state index in [0.717, 1.165) is 6.42 Å². The van der Waals surface area contributed by atoms with E-state index in [-0.39, 0.29) is 0 Å². The lowest BCUT2D eigenvalue weighted by molar-refractivity contribution is 0.187. The summed E-state index contributed by atoms with van der Waals surface area (Å²) in [5, 5.41) is 10.3. The van der Waals surface area contributed by atoms with Gasteiger partial charge in [0, 0.05) is 6.42 Å². The summed E-state index contributed by atoms with van der Waals surface area (Å²) in [5.74, 6) is 1.87. The summed E-state index contributed by atoms with van der Waals surface area (Å²) in [5.41, 5.74) is 0.714. The number of benzene rings is 1. The number of hydrogen-bond donors (Lipinski definition) is 1. The molecular formula is C14H13BrO4. The molecule has 0 spiro atoms. The van der Waals surface area contributed by atoms with E-state index >= 15 is 0 Å². The van der Waals surface area contributed by atoms with Crippen molar-refractivity contribution in [3.8, 4) is 11.5 Å². The monoisotopic (exact) mass is 324 g/mol. The first-order valence-electron chi connectivity index (χ1n) is 6.07. The van der Waals surface area contributed by atoms with Crippen LogP contribution in [-0.4, -0.2) is 18.3 Å². The predicted molar refractivity (Wildman–Crippen MR) is 72.5 cm³/mol. The topological polar surface area (TPSA) is 51.8 Å². The molecule has 1 aliphatic rings. The van der Waals surface area contributed by atoms with Crippen LogP contribution in [0.4, 0.5) is 0 Å². The van der Waals surface area contributed by atoms with Crippen molar-refractivity contribution in [2.75, 3.05) is 13.2 Å². The Morgan fingerprint density at radius 1 is 1.05 bits per heavy atom. The van der Waals surface area contributed by atoms with Crippen LogP contribution in [0.25, 0.3) is 0 Å². The van der Waals surface area contributed by atoms with Crippen LogP contribution >= 0.6 is 15.9 Å². The molecule has 0 saturated carbocycles. The largest absolute Gasteiger partial charge is 0.490 e. The van der Waals surface area contributed by atoms with Gasteiger partial charge in [-0.25, -0.2) is 0 Å². The van der Waals surface area contributed by atoms with Crippen LogP contribution in [0, 0.1) is 0 Å². The van der Waals surface area contributed by atoms with Gasteiger partial charge in [0.15, 0.2) is 16.2 Å². The van der Waals surface area contributed by atoms with E-state index in [2.05, 4.69) is 15.9 Å². The average molecular weight is 325 g/mol. The van der Waals surface area contributed by atoms with Gasteiger partial charge in [-0.15, -0.1) is 0 Å². The number of ether oxygens (including phenoxy) is 2. The van der Waals surface area contributed by atoms with E-state index < -0.39 is 6.10 Å². The van der Waals surface area contributed by atoms with Gasteiger partial charge in [-0.05, 0) is 45.8 Å². The molecule has 19 heavy (non-hydrogen) atoms. The van der Waals surface area contributed by atoms with Gasteiger partial charge in [-0.3, -0.25) is 0 Å². The first kappa shape index (κ1) is 12.6. The Labute approximate surface area is 119 Å². The van der Waals surface area contributed by atoms with Crippen LogP contribution in [0.1, 0.15) is 23.8 Å². The third-order valence-corrected chi connectivity index (χ3v) is 3.38. The summed E-state index contributed by atoms with van der Waals surface area (Å²) in [4.78, 5) is 0. The van der Waals surface area contributed by atoms with E-state index in [9.17, 15) is 5.11 Å². The standard InChI is InChI=1S/C14H13BrO4/c15-13-5-4-11(19-13)14(16)9-2-3-10-12(8-9)18-7-1-6-17-10/h2-5,8,14,16H,1,6-7H2. The van der Waals surface area contributed by atoms with E-state index in [1.807, 2.05) is 12.1 Å². The smallest absolute Gasteiger partial charge is 0.169 e. The van der Waals surface area contributed by atoms with Crippen LogP contribution in [0.5, 0.6) is 11.5 Å². The number of aliphatic hydroxyl groups is 1. The summed E-state index contributed by atoms with van der Waals surface area (Å²) in [6.07, 6.45) is 0.0426. The fourth-order valence-electron chi connectivity index (χ4n) is 1.99. The van der Waals surface area contributed by atoms with Crippen molar-refractivity contribution < 1.29 is 19.0 Å². The van der Waals surface area contributed by atoms with Crippen molar-refractivity contribution >= 4 is 15.9 Å². The van der Waals surface area contributed by atoms with Gasteiger partial charge in [-0.1, -0.05) is 6.07 Å². The molecule has 0 bridgehead atoms. The van der Waals surface area contributed by atoms with Crippen molar-refractivity contribution in [3.05, 3.63) is 46.3 Å². The van der Waals surface area contributed by atoms with Crippen LogP contribution < -0.4 is 9.47 Å². The Bertz CT molecular complexity index is 579. The SMILES string of the molecule is OC(c1ccc2c(c1)OCCCO2)c1ccc(Br)o1. The van der Waals surface area contributed by atoms with Gasteiger partial charge in [0.25, 0.3) is 0 Å². The predicted octanol–water partition coefficient (Wildman–Crippen LogP) is 3.29. The number of halogens is 1. The van der Waals surface area contributed by atoms with E-state index in [4.69, 9.17) is 13.9 Å².